The van der Waals surface area contributed by atoms with Gasteiger partial charge in [0.05, 0.1) is 14.9 Å². The van der Waals surface area contributed by atoms with Gasteiger partial charge in [0.15, 0.2) is 15.6 Å². The molecule has 0 amide bonds. The highest BCUT2D eigenvalue weighted by Crippen LogP contribution is 2.23. The Morgan fingerprint density at radius 2 is 1.76 bits per heavy atom. The van der Waals surface area contributed by atoms with Gasteiger partial charge in [-0.3, -0.25) is 4.79 Å². The lowest BCUT2D eigenvalue weighted by Crippen LogP contribution is -2.05. The number of halogens is 2. The van der Waals surface area contributed by atoms with Crippen molar-refractivity contribution in [2.24, 2.45) is 0 Å². The van der Waals surface area contributed by atoms with E-state index in [0.717, 1.165) is 11.8 Å². The third kappa shape index (κ3) is 4.06. The van der Waals surface area contributed by atoms with E-state index in [1.54, 1.807) is 30.3 Å². The molecule has 0 radical (unpaired) electrons. The fourth-order valence-electron chi connectivity index (χ4n) is 1.84. The zero-order valence-corrected chi connectivity index (χ0v) is 13.5. The molecular formula is C15H12Cl2O3S. The lowest BCUT2D eigenvalue weighted by atomic mass is 10.0. The predicted molar refractivity (Wildman–Crippen MR) is 84.0 cm³/mol. The second kappa shape index (κ2) is 6.18. The summed E-state index contributed by atoms with van der Waals surface area (Å²) in [7, 11) is -3.33. The van der Waals surface area contributed by atoms with Crippen LogP contribution in [-0.4, -0.2) is 20.5 Å². The molecule has 0 spiro atoms. The molecule has 2 rings (SSSR count). The lowest BCUT2D eigenvalue weighted by Gasteiger charge is -2.05. The van der Waals surface area contributed by atoms with Gasteiger partial charge in [0.25, 0.3) is 0 Å². The number of carbonyl (C=O) groups is 1. The van der Waals surface area contributed by atoms with Gasteiger partial charge < -0.3 is 0 Å². The number of hydrogen-bond acceptors (Lipinski definition) is 3. The first kappa shape index (κ1) is 16.0. The molecule has 21 heavy (non-hydrogen) atoms. The minimum atomic E-state index is -3.33. The molecule has 0 heterocycles. The Hall–Kier alpha value is -1.36. The van der Waals surface area contributed by atoms with Crippen LogP contribution in [0.5, 0.6) is 0 Å². The molecule has 3 nitrogen and oxygen atoms in total. The molecule has 2 aromatic carbocycles. The van der Waals surface area contributed by atoms with Gasteiger partial charge in [-0.05, 0) is 29.8 Å². The summed E-state index contributed by atoms with van der Waals surface area (Å²) >= 11 is 11.7. The van der Waals surface area contributed by atoms with Crippen LogP contribution in [-0.2, 0) is 16.3 Å². The van der Waals surface area contributed by atoms with Crippen molar-refractivity contribution in [3.05, 3.63) is 63.6 Å². The number of Topliss-reactive ketones (excluding diaryl/α,β-unsaturated/α-hetero) is 1. The van der Waals surface area contributed by atoms with Crippen LogP contribution < -0.4 is 0 Å². The van der Waals surface area contributed by atoms with Crippen molar-refractivity contribution in [2.75, 3.05) is 6.26 Å². The standard InChI is InChI=1S/C15H12Cl2O3S/c1-21(19,20)12-4-2-3-11(9-12)15(18)8-10-5-6-13(16)14(17)7-10/h2-7,9H,8H2,1H3. The highest BCUT2D eigenvalue weighted by Gasteiger charge is 2.12. The fraction of sp³-hybridized carbons (Fsp3) is 0.133. The molecular weight excluding hydrogens is 331 g/mol. The van der Waals surface area contributed by atoms with Crippen LogP contribution in [0.3, 0.4) is 0 Å². The Balaban J connectivity index is 2.26. The first-order chi connectivity index (χ1) is 9.77. The summed E-state index contributed by atoms with van der Waals surface area (Å²) in [5.41, 5.74) is 1.07. The summed E-state index contributed by atoms with van der Waals surface area (Å²) in [6.07, 6.45) is 1.24. The number of hydrogen-bond donors (Lipinski definition) is 0. The van der Waals surface area contributed by atoms with Crippen molar-refractivity contribution < 1.29 is 13.2 Å². The highest BCUT2D eigenvalue weighted by atomic mass is 35.5. The zero-order valence-electron chi connectivity index (χ0n) is 11.1. The van der Waals surface area contributed by atoms with Gasteiger partial charge >= 0.3 is 0 Å². The minimum absolute atomic E-state index is 0.127. The summed E-state index contributed by atoms with van der Waals surface area (Å²) in [5, 5.41) is 0.804. The zero-order chi connectivity index (χ0) is 15.6. The molecule has 0 bridgehead atoms. The van der Waals surface area contributed by atoms with Crippen molar-refractivity contribution in [1.29, 1.82) is 0 Å². The average Bonchev–Trinajstić information content (AvgIpc) is 2.42. The fourth-order valence-corrected chi connectivity index (χ4v) is 2.82. The van der Waals surface area contributed by atoms with E-state index in [-0.39, 0.29) is 17.1 Å². The summed E-state index contributed by atoms with van der Waals surface area (Å²) in [4.78, 5) is 12.3. The van der Waals surface area contributed by atoms with Gasteiger partial charge in [0.1, 0.15) is 0 Å². The second-order valence-electron chi connectivity index (χ2n) is 4.65. The third-order valence-corrected chi connectivity index (χ3v) is 4.78. The lowest BCUT2D eigenvalue weighted by molar-refractivity contribution is 0.0993. The molecule has 6 heteroatoms. The van der Waals surface area contributed by atoms with Crippen molar-refractivity contribution >= 4 is 38.8 Å². The van der Waals surface area contributed by atoms with Crippen molar-refractivity contribution in [3.8, 4) is 0 Å². The van der Waals surface area contributed by atoms with Gasteiger partial charge in [0.2, 0.25) is 0 Å². The summed E-state index contributed by atoms with van der Waals surface area (Å²) in [6, 6.07) is 11.0. The molecule has 0 atom stereocenters. The van der Waals surface area contributed by atoms with Crippen LogP contribution in [0.4, 0.5) is 0 Å². The predicted octanol–water partition coefficient (Wildman–Crippen LogP) is 3.82. The number of benzene rings is 2. The van der Waals surface area contributed by atoms with Gasteiger partial charge in [-0.1, -0.05) is 41.4 Å². The summed E-state index contributed by atoms with van der Waals surface area (Å²) in [5.74, 6) is -0.182. The summed E-state index contributed by atoms with van der Waals surface area (Å²) in [6.45, 7) is 0. The second-order valence-corrected chi connectivity index (χ2v) is 7.48. The largest absolute Gasteiger partial charge is 0.294 e. The van der Waals surface area contributed by atoms with Crippen LogP contribution in [0, 0.1) is 0 Å². The molecule has 0 N–H and O–H groups in total. The van der Waals surface area contributed by atoms with Crippen LogP contribution in [0.25, 0.3) is 0 Å². The Bertz CT molecular complexity index is 798. The van der Waals surface area contributed by atoms with E-state index < -0.39 is 9.84 Å². The smallest absolute Gasteiger partial charge is 0.175 e. The SMILES string of the molecule is CS(=O)(=O)c1cccc(C(=O)Cc2ccc(Cl)c(Cl)c2)c1. The Morgan fingerprint density at radius 1 is 1.05 bits per heavy atom. The maximum absolute atomic E-state index is 12.2. The van der Waals surface area contributed by atoms with Crippen molar-refractivity contribution in [2.45, 2.75) is 11.3 Å². The number of ketones is 1. The van der Waals surface area contributed by atoms with E-state index in [9.17, 15) is 13.2 Å². The third-order valence-electron chi connectivity index (χ3n) is 2.93. The van der Waals surface area contributed by atoms with E-state index in [2.05, 4.69) is 0 Å². The molecule has 0 saturated heterocycles. The molecule has 0 saturated carbocycles. The summed E-state index contributed by atoms with van der Waals surface area (Å²) < 4.78 is 23.0. The van der Waals surface area contributed by atoms with Crippen LogP contribution in [0.2, 0.25) is 10.0 Å². The normalized spacial score (nSPS) is 11.4. The van der Waals surface area contributed by atoms with Crippen LogP contribution in [0.1, 0.15) is 15.9 Å². The maximum Gasteiger partial charge on any atom is 0.175 e. The van der Waals surface area contributed by atoms with Gasteiger partial charge in [-0.2, -0.15) is 0 Å². The Kier molecular flexibility index (Phi) is 4.71. The van der Waals surface area contributed by atoms with E-state index in [0.29, 0.717) is 15.6 Å². The molecule has 110 valence electrons. The van der Waals surface area contributed by atoms with Gasteiger partial charge in [-0.25, -0.2) is 8.42 Å². The first-order valence-electron chi connectivity index (χ1n) is 6.04. The average molecular weight is 343 g/mol. The monoisotopic (exact) mass is 342 g/mol. The first-order valence-corrected chi connectivity index (χ1v) is 8.69. The van der Waals surface area contributed by atoms with E-state index in [1.807, 2.05) is 0 Å². The maximum atomic E-state index is 12.2. The van der Waals surface area contributed by atoms with E-state index in [1.165, 1.54) is 12.1 Å². The molecule has 0 aromatic heterocycles. The molecule has 0 aliphatic rings. The Labute approximate surface area is 133 Å². The molecule has 2 aromatic rings. The van der Waals surface area contributed by atoms with Crippen LogP contribution >= 0.6 is 23.2 Å². The molecule has 0 unspecified atom stereocenters. The number of rotatable bonds is 4. The molecule has 0 aliphatic carbocycles. The van der Waals surface area contributed by atoms with Crippen molar-refractivity contribution in [3.63, 3.8) is 0 Å². The topological polar surface area (TPSA) is 51.2 Å². The highest BCUT2D eigenvalue weighted by molar-refractivity contribution is 7.90. The van der Waals surface area contributed by atoms with Gasteiger partial charge in [0, 0.05) is 18.2 Å². The molecule has 0 fully saturated rings. The van der Waals surface area contributed by atoms with Crippen LogP contribution in [0.15, 0.2) is 47.4 Å². The van der Waals surface area contributed by atoms with E-state index >= 15 is 0 Å². The van der Waals surface area contributed by atoms with E-state index in [4.69, 9.17) is 23.2 Å². The van der Waals surface area contributed by atoms with Gasteiger partial charge in [-0.15, -0.1) is 0 Å². The number of carbonyl (C=O) groups excluding carboxylic acids is 1. The number of sulfone groups is 1. The molecule has 0 aliphatic heterocycles. The Morgan fingerprint density at radius 3 is 2.38 bits per heavy atom. The minimum Gasteiger partial charge on any atom is -0.294 e. The van der Waals surface area contributed by atoms with Crippen molar-refractivity contribution in [1.82, 2.24) is 0 Å². The quantitative estimate of drug-likeness (QED) is 0.793.